The predicted molar refractivity (Wildman–Crippen MR) is 130 cm³/mol. The maximum Gasteiger partial charge on any atom is 0.573 e. The summed E-state index contributed by atoms with van der Waals surface area (Å²) in [5.41, 5.74) is -1.20. The van der Waals surface area contributed by atoms with Crippen LogP contribution >= 0.6 is 27.5 Å². The second kappa shape index (κ2) is 11.7. The van der Waals surface area contributed by atoms with Crippen LogP contribution in [0.25, 0.3) is 0 Å². The second-order valence-corrected chi connectivity index (χ2v) is 11.2. The quantitative estimate of drug-likeness (QED) is 0.178. The molecule has 15 heteroatoms. The van der Waals surface area contributed by atoms with Gasteiger partial charge in [0.2, 0.25) is 0 Å². The minimum atomic E-state index is -5.10. The normalized spacial score (nSPS) is 14.4. The molecule has 0 saturated heterocycles. The van der Waals surface area contributed by atoms with Crippen molar-refractivity contribution in [1.29, 1.82) is 5.26 Å². The van der Waals surface area contributed by atoms with Crippen molar-refractivity contribution in [2.24, 2.45) is 11.1 Å². The Balaban J connectivity index is 2.67. The van der Waals surface area contributed by atoms with E-state index in [2.05, 4.69) is 26.0 Å². The van der Waals surface area contributed by atoms with E-state index >= 15 is 0 Å². The topological polar surface area (TPSA) is 131 Å². The molecule has 0 bridgehead atoms. The van der Waals surface area contributed by atoms with Gasteiger partial charge in [-0.25, -0.2) is 8.60 Å². The molecule has 1 unspecified atom stereocenters. The zero-order valence-electron chi connectivity index (χ0n) is 18.7. The Morgan fingerprint density at radius 1 is 1.36 bits per heavy atom. The fourth-order valence-corrected chi connectivity index (χ4v) is 4.46. The lowest BCUT2D eigenvalue weighted by Crippen LogP contribution is -2.34. The Labute approximate surface area is 219 Å². The molecule has 8 nitrogen and oxygen atoms in total. The Hall–Kier alpha value is -2.47. The summed E-state index contributed by atoms with van der Waals surface area (Å²) in [6.07, 6.45) is -5.37. The van der Waals surface area contributed by atoms with Crippen LogP contribution in [-0.4, -0.2) is 20.2 Å². The molecule has 0 saturated carbocycles. The molecule has 36 heavy (non-hydrogen) atoms. The Morgan fingerprint density at radius 3 is 2.53 bits per heavy atom. The average molecular weight is 616 g/mol. The lowest BCUT2D eigenvalue weighted by molar-refractivity contribution is -0.384. The first-order chi connectivity index (χ1) is 16.6. The van der Waals surface area contributed by atoms with Crippen molar-refractivity contribution in [2.75, 3.05) is 5.32 Å². The highest BCUT2D eigenvalue weighted by Crippen LogP contribution is 2.42. The molecular weight excluding hydrogens is 596 g/mol. The molecular formula is C21H20BrClF4N4O4S. The van der Waals surface area contributed by atoms with Crippen molar-refractivity contribution in [1.82, 2.24) is 0 Å². The van der Waals surface area contributed by atoms with Crippen molar-refractivity contribution in [3.05, 3.63) is 61.3 Å². The van der Waals surface area contributed by atoms with E-state index in [-0.39, 0.29) is 33.6 Å². The summed E-state index contributed by atoms with van der Waals surface area (Å²) < 4.78 is 68.2. The maximum atomic E-state index is 14.0. The van der Waals surface area contributed by atoms with Crippen LogP contribution < -0.4 is 15.2 Å². The van der Waals surface area contributed by atoms with Crippen LogP contribution in [0.2, 0.25) is 5.02 Å². The number of rotatable bonds is 10. The van der Waals surface area contributed by atoms with Crippen LogP contribution in [0.1, 0.15) is 38.3 Å². The van der Waals surface area contributed by atoms with Gasteiger partial charge in [0.15, 0.2) is 0 Å². The van der Waals surface area contributed by atoms with Gasteiger partial charge in [-0.3, -0.25) is 15.3 Å². The van der Waals surface area contributed by atoms with E-state index in [1.807, 2.05) is 6.07 Å². The van der Waals surface area contributed by atoms with Crippen LogP contribution in [0.3, 0.4) is 0 Å². The van der Waals surface area contributed by atoms with Gasteiger partial charge in [0.1, 0.15) is 17.3 Å². The number of nitriles is 1. The molecule has 196 valence electrons. The fourth-order valence-electron chi connectivity index (χ4n) is 3.45. The summed E-state index contributed by atoms with van der Waals surface area (Å²) in [5, 5.41) is 29.4. The van der Waals surface area contributed by atoms with Crippen molar-refractivity contribution in [3.63, 3.8) is 0 Å². The van der Waals surface area contributed by atoms with Crippen molar-refractivity contribution in [3.8, 4) is 11.8 Å². The van der Waals surface area contributed by atoms with Gasteiger partial charge in [-0.2, -0.15) is 5.26 Å². The van der Waals surface area contributed by atoms with Crippen LogP contribution in [0, 0.1) is 33.2 Å². The molecule has 3 atom stereocenters. The minimum absolute atomic E-state index is 0.0279. The number of hydrogen-bond donors (Lipinski definition) is 2. The highest BCUT2D eigenvalue weighted by Gasteiger charge is 2.36. The largest absolute Gasteiger partial charge is 0.573 e. The lowest BCUT2D eigenvalue weighted by atomic mass is 9.88. The van der Waals surface area contributed by atoms with E-state index in [4.69, 9.17) is 16.7 Å². The molecule has 0 fully saturated rings. The first-order valence-electron chi connectivity index (χ1n) is 10.1. The molecule has 3 N–H and O–H groups in total. The van der Waals surface area contributed by atoms with E-state index in [1.54, 1.807) is 13.8 Å². The van der Waals surface area contributed by atoms with E-state index in [9.17, 15) is 37.1 Å². The molecule has 0 aliphatic heterocycles. The molecule has 0 aromatic heterocycles. The predicted octanol–water partition coefficient (Wildman–Crippen LogP) is 6.52. The minimum Gasteiger partial charge on any atom is -0.405 e. The maximum absolute atomic E-state index is 14.0. The standard InChI is InChI=1S/C21H20BrClF4N4O4S/c1-20(2,36(29)34)9-11(10-28)6-16(19-13(23)4-3-5-18(19)35-21(25,26)27)30-15-7-12(22)14(24)8-17(15)31(32)33/h3-5,7-8,11,16,30H,6,9,29H2,1-2H3/t11-,16-,36?/m1/s1. The molecule has 2 aromatic rings. The number of nitro benzene ring substituents is 1. The molecule has 0 heterocycles. The third kappa shape index (κ3) is 7.76. The summed E-state index contributed by atoms with van der Waals surface area (Å²) in [6.45, 7) is 3.09. The number of nitrogens with two attached hydrogens (primary N) is 1. The summed E-state index contributed by atoms with van der Waals surface area (Å²) in [7, 11) is -1.84. The Kier molecular flexibility index (Phi) is 9.69. The zero-order chi connectivity index (χ0) is 27.4. The smallest absolute Gasteiger partial charge is 0.405 e. The molecule has 0 spiro atoms. The van der Waals surface area contributed by atoms with E-state index in [0.29, 0.717) is 6.07 Å². The third-order valence-corrected chi connectivity index (χ3v) is 7.33. The number of benzene rings is 2. The summed E-state index contributed by atoms with van der Waals surface area (Å²) in [5.74, 6) is -2.58. The summed E-state index contributed by atoms with van der Waals surface area (Å²) in [6, 6.07) is 5.91. The van der Waals surface area contributed by atoms with E-state index in [0.717, 1.165) is 12.1 Å². The van der Waals surface area contributed by atoms with Gasteiger partial charge < -0.3 is 10.1 Å². The monoisotopic (exact) mass is 614 g/mol. The number of nitro groups is 1. The summed E-state index contributed by atoms with van der Waals surface area (Å²) in [4.78, 5) is 10.7. The van der Waals surface area contributed by atoms with Crippen molar-refractivity contribution < 1.29 is 31.4 Å². The molecule has 0 amide bonds. The first-order valence-corrected chi connectivity index (χ1v) is 12.4. The zero-order valence-corrected chi connectivity index (χ0v) is 21.9. The van der Waals surface area contributed by atoms with Crippen molar-refractivity contribution >= 4 is 49.9 Å². The number of ether oxygens (including phenoxy) is 1. The highest BCUT2D eigenvalue weighted by molar-refractivity contribution is 9.10. The van der Waals surface area contributed by atoms with Crippen LogP contribution in [0.5, 0.6) is 5.75 Å². The van der Waals surface area contributed by atoms with Gasteiger partial charge in [0.25, 0.3) is 5.69 Å². The molecule has 0 aliphatic rings. The van der Waals surface area contributed by atoms with E-state index < -0.39 is 56.2 Å². The Morgan fingerprint density at radius 2 is 2.00 bits per heavy atom. The average Bonchev–Trinajstić information content (AvgIpc) is 2.73. The van der Waals surface area contributed by atoms with Gasteiger partial charge in [-0.05, 0) is 60.8 Å². The number of nitrogens with one attached hydrogen (secondary N) is 1. The molecule has 2 aromatic carbocycles. The number of halogens is 6. The number of alkyl halides is 3. The first kappa shape index (κ1) is 29.8. The molecule has 2 rings (SSSR count). The van der Waals surface area contributed by atoms with Crippen LogP contribution in [-0.2, 0) is 11.0 Å². The van der Waals surface area contributed by atoms with Gasteiger partial charge >= 0.3 is 6.36 Å². The number of hydrogen-bond acceptors (Lipinski definition) is 6. The molecule has 0 radical (unpaired) electrons. The van der Waals surface area contributed by atoms with Crippen molar-refractivity contribution in [2.45, 2.75) is 43.8 Å². The van der Waals surface area contributed by atoms with Gasteiger partial charge in [0.05, 0.1) is 49.2 Å². The number of anilines is 1. The summed E-state index contributed by atoms with van der Waals surface area (Å²) >= 11 is 9.17. The second-order valence-electron chi connectivity index (χ2n) is 8.26. The van der Waals surface area contributed by atoms with Gasteiger partial charge in [-0.1, -0.05) is 17.7 Å². The number of nitrogens with zero attached hydrogens (tertiary/aromatic N) is 2. The van der Waals surface area contributed by atoms with E-state index in [1.165, 1.54) is 12.1 Å². The SMILES string of the molecule is CC(C)(C[C@H](C#N)C[C@@H](Nc1cc(Br)c(F)cc1[N+](=O)[O-])c1c(Cl)cccc1OC(F)(F)F)S(N)=O. The Bertz CT molecular complexity index is 1210. The fraction of sp³-hybridized carbons (Fsp3) is 0.381. The van der Waals surface area contributed by atoms with Crippen LogP contribution in [0.15, 0.2) is 34.8 Å². The van der Waals surface area contributed by atoms with Crippen LogP contribution in [0.4, 0.5) is 28.9 Å². The third-order valence-electron chi connectivity index (χ3n) is 5.14. The molecule has 0 aliphatic carbocycles. The van der Waals surface area contributed by atoms with Gasteiger partial charge in [-0.15, -0.1) is 13.2 Å². The van der Waals surface area contributed by atoms with Gasteiger partial charge in [0, 0.05) is 10.6 Å². The lowest BCUT2D eigenvalue weighted by Gasteiger charge is -2.29. The highest BCUT2D eigenvalue weighted by atomic mass is 79.9.